The number of phenolic OH excluding ortho intramolecular Hbond substituents is 1. The minimum Gasteiger partial charge on any atom is -0.502 e. The quantitative estimate of drug-likeness (QED) is 0.617. The van der Waals surface area contributed by atoms with Crippen molar-refractivity contribution in [1.29, 1.82) is 0 Å². The van der Waals surface area contributed by atoms with Crippen molar-refractivity contribution in [2.45, 2.75) is 6.54 Å². The summed E-state index contributed by atoms with van der Waals surface area (Å²) < 4.78 is 12.3. The summed E-state index contributed by atoms with van der Waals surface area (Å²) in [5.74, 6) is 1.36. The summed E-state index contributed by atoms with van der Waals surface area (Å²) in [6, 6.07) is 8.95. The molecule has 1 heterocycles. The van der Waals surface area contributed by atoms with Crippen LogP contribution in [0.1, 0.15) is 5.56 Å². The van der Waals surface area contributed by atoms with E-state index in [1.165, 1.54) is 14.2 Å². The van der Waals surface area contributed by atoms with Crippen molar-refractivity contribution >= 4 is 29.2 Å². The molecular weight excluding hydrogens is 389 g/mol. The first-order chi connectivity index (χ1) is 12.9. The van der Waals surface area contributed by atoms with Crippen LogP contribution >= 0.6 is 23.2 Å². The molecule has 0 unspecified atom stereocenters. The lowest BCUT2D eigenvalue weighted by atomic mass is 10.1. The van der Waals surface area contributed by atoms with Crippen molar-refractivity contribution in [3.8, 4) is 28.5 Å². The van der Waals surface area contributed by atoms with Crippen molar-refractivity contribution in [3.05, 3.63) is 52.1 Å². The molecule has 2 aromatic carbocycles. The van der Waals surface area contributed by atoms with Gasteiger partial charge in [-0.2, -0.15) is 0 Å². The number of aromatic hydroxyl groups is 1. The SMILES string of the molecule is COc1cc(CNc2ncc(-c3ccc(Cl)c(Cl)c3)n2C)cc(OC)c1O. The molecule has 2 N–H and O–H groups in total. The molecule has 0 saturated heterocycles. The van der Waals surface area contributed by atoms with Crippen molar-refractivity contribution in [1.82, 2.24) is 9.55 Å². The molecule has 0 fully saturated rings. The van der Waals surface area contributed by atoms with Gasteiger partial charge in [-0.05, 0) is 29.8 Å². The van der Waals surface area contributed by atoms with Gasteiger partial charge >= 0.3 is 0 Å². The molecule has 8 heteroatoms. The van der Waals surface area contributed by atoms with E-state index in [1.807, 2.05) is 17.7 Å². The van der Waals surface area contributed by atoms with Gasteiger partial charge in [0.2, 0.25) is 11.7 Å². The van der Waals surface area contributed by atoms with Gasteiger partial charge < -0.3 is 24.5 Å². The maximum atomic E-state index is 10.0. The molecule has 0 saturated carbocycles. The Bertz CT molecular complexity index is 948. The summed E-state index contributed by atoms with van der Waals surface area (Å²) in [5.41, 5.74) is 2.69. The number of anilines is 1. The molecule has 3 aromatic rings. The third-order valence-electron chi connectivity index (χ3n) is 4.19. The lowest BCUT2D eigenvalue weighted by Crippen LogP contribution is -2.06. The van der Waals surface area contributed by atoms with E-state index in [0.717, 1.165) is 16.8 Å². The average molecular weight is 408 g/mol. The highest BCUT2D eigenvalue weighted by Crippen LogP contribution is 2.37. The fourth-order valence-corrected chi connectivity index (χ4v) is 3.03. The van der Waals surface area contributed by atoms with Crippen LogP contribution in [0.5, 0.6) is 17.2 Å². The number of nitrogens with zero attached hydrogens (tertiary/aromatic N) is 2. The van der Waals surface area contributed by atoms with E-state index in [9.17, 15) is 5.11 Å². The second-order valence-electron chi connectivity index (χ2n) is 5.86. The molecule has 0 amide bonds. The average Bonchev–Trinajstić information content (AvgIpc) is 3.03. The predicted octanol–water partition coefficient (Wildman–Crippen LogP) is 4.73. The van der Waals surface area contributed by atoms with Crippen LogP contribution < -0.4 is 14.8 Å². The lowest BCUT2D eigenvalue weighted by molar-refractivity contribution is 0.339. The summed E-state index contributed by atoms with van der Waals surface area (Å²) in [4.78, 5) is 4.43. The Morgan fingerprint density at radius 1 is 1.07 bits per heavy atom. The number of imidazole rings is 1. The third-order valence-corrected chi connectivity index (χ3v) is 4.93. The van der Waals surface area contributed by atoms with Crippen molar-refractivity contribution in [2.75, 3.05) is 19.5 Å². The highest BCUT2D eigenvalue weighted by atomic mass is 35.5. The van der Waals surface area contributed by atoms with Gasteiger partial charge in [0.15, 0.2) is 11.5 Å². The van der Waals surface area contributed by atoms with Crippen LogP contribution in [0.4, 0.5) is 5.95 Å². The van der Waals surface area contributed by atoms with Crippen LogP contribution in [0.2, 0.25) is 10.0 Å². The Kier molecular flexibility index (Phi) is 5.68. The van der Waals surface area contributed by atoms with Crippen LogP contribution in [0.15, 0.2) is 36.5 Å². The van der Waals surface area contributed by atoms with Gasteiger partial charge in [-0.15, -0.1) is 0 Å². The second-order valence-corrected chi connectivity index (χ2v) is 6.67. The van der Waals surface area contributed by atoms with Crippen LogP contribution in [-0.2, 0) is 13.6 Å². The molecule has 0 radical (unpaired) electrons. The van der Waals surface area contributed by atoms with Crippen molar-refractivity contribution in [2.24, 2.45) is 7.05 Å². The molecule has 27 heavy (non-hydrogen) atoms. The number of halogens is 2. The first-order valence-electron chi connectivity index (χ1n) is 8.09. The molecule has 0 aliphatic carbocycles. The molecule has 0 spiro atoms. The summed E-state index contributed by atoms with van der Waals surface area (Å²) in [6.45, 7) is 0.471. The molecule has 0 aliphatic heterocycles. The fourth-order valence-electron chi connectivity index (χ4n) is 2.73. The zero-order valence-corrected chi connectivity index (χ0v) is 16.6. The number of hydrogen-bond donors (Lipinski definition) is 2. The van der Waals surface area contributed by atoms with Gasteiger partial charge in [0, 0.05) is 19.2 Å². The molecule has 0 aliphatic rings. The van der Waals surface area contributed by atoms with E-state index in [1.54, 1.807) is 30.5 Å². The standard InChI is InChI=1S/C19H19Cl2N3O3/c1-24-15(12-4-5-13(20)14(21)8-12)10-23-19(24)22-9-11-6-16(26-2)18(25)17(7-11)27-3/h4-8,10,25H,9H2,1-3H3,(H,22,23). The summed E-state index contributed by atoms with van der Waals surface area (Å²) in [7, 11) is 4.90. The van der Waals surface area contributed by atoms with Crippen molar-refractivity contribution in [3.63, 3.8) is 0 Å². The number of hydrogen-bond acceptors (Lipinski definition) is 5. The van der Waals surface area contributed by atoms with Crippen LogP contribution in [0.25, 0.3) is 11.3 Å². The molecule has 1 aromatic heterocycles. The fraction of sp³-hybridized carbons (Fsp3) is 0.211. The van der Waals surface area contributed by atoms with E-state index in [-0.39, 0.29) is 5.75 Å². The normalized spacial score (nSPS) is 10.7. The minimum absolute atomic E-state index is 0.0253. The third kappa shape index (κ3) is 3.91. The molecule has 142 valence electrons. The maximum Gasteiger partial charge on any atom is 0.203 e. The highest BCUT2D eigenvalue weighted by molar-refractivity contribution is 6.42. The Labute approximate surface area is 167 Å². The first kappa shape index (κ1) is 19.2. The van der Waals surface area contributed by atoms with Gasteiger partial charge in [-0.1, -0.05) is 29.3 Å². The van der Waals surface area contributed by atoms with Gasteiger partial charge in [0.05, 0.1) is 36.2 Å². The number of methoxy groups -OCH3 is 2. The second kappa shape index (κ2) is 7.98. The monoisotopic (exact) mass is 407 g/mol. The van der Waals surface area contributed by atoms with Crippen LogP contribution in [0, 0.1) is 0 Å². The van der Waals surface area contributed by atoms with Gasteiger partial charge in [0.25, 0.3) is 0 Å². The number of nitrogens with one attached hydrogen (secondary N) is 1. The summed E-state index contributed by atoms with van der Waals surface area (Å²) in [5, 5.41) is 14.3. The van der Waals surface area contributed by atoms with Gasteiger partial charge in [0.1, 0.15) is 0 Å². The van der Waals surface area contributed by atoms with E-state index < -0.39 is 0 Å². The zero-order valence-electron chi connectivity index (χ0n) is 15.1. The van der Waals surface area contributed by atoms with E-state index >= 15 is 0 Å². The minimum atomic E-state index is -0.0253. The van der Waals surface area contributed by atoms with E-state index in [4.69, 9.17) is 32.7 Å². The Morgan fingerprint density at radius 3 is 2.33 bits per heavy atom. The molecule has 3 rings (SSSR count). The smallest absolute Gasteiger partial charge is 0.203 e. The number of phenols is 1. The predicted molar refractivity (Wildman–Crippen MR) is 107 cm³/mol. The Hall–Kier alpha value is -2.57. The lowest BCUT2D eigenvalue weighted by Gasteiger charge is -2.13. The van der Waals surface area contributed by atoms with E-state index in [2.05, 4.69) is 10.3 Å². The summed E-state index contributed by atoms with van der Waals surface area (Å²) >= 11 is 12.1. The van der Waals surface area contributed by atoms with Gasteiger partial charge in [-0.25, -0.2) is 4.98 Å². The largest absolute Gasteiger partial charge is 0.502 e. The topological polar surface area (TPSA) is 68.5 Å². The summed E-state index contributed by atoms with van der Waals surface area (Å²) in [6.07, 6.45) is 1.76. The number of aromatic nitrogens is 2. The Morgan fingerprint density at radius 2 is 1.74 bits per heavy atom. The number of benzene rings is 2. The maximum absolute atomic E-state index is 10.0. The molecular formula is C19H19Cl2N3O3. The number of rotatable bonds is 6. The van der Waals surface area contributed by atoms with Gasteiger partial charge in [-0.3, -0.25) is 0 Å². The van der Waals surface area contributed by atoms with Crippen LogP contribution in [0.3, 0.4) is 0 Å². The first-order valence-corrected chi connectivity index (χ1v) is 8.85. The zero-order chi connectivity index (χ0) is 19.6. The Balaban J connectivity index is 1.82. The molecule has 6 nitrogen and oxygen atoms in total. The highest BCUT2D eigenvalue weighted by Gasteiger charge is 2.13. The number of ether oxygens (including phenoxy) is 2. The molecule has 0 atom stereocenters. The van der Waals surface area contributed by atoms with Crippen molar-refractivity contribution < 1.29 is 14.6 Å². The van der Waals surface area contributed by atoms with E-state index in [0.29, 0.717) is 34.0 Å². The van der Waals surface area contributed by atoms with Crippen LogP contribution in [-0.4, -0.2) is 28.9 Å². The molecule has 0 bridgehead atoms.